The molecule has 5 rings (SSSR count). The van der Waals surface area contributed by atoms with Crippen molar-refractivity contribution in [3.8, 4) is 0 Å². The fraction of sp³-hybridized carbons (Fsp3) is 0.500. The van der Waals surface area contributed by atoms with E-state index in [1.807, 2.05) is 0 Å². The van der Waals surface area contributed by atoms with Gasteiger partial charge >= 0.3 is 0 Å². The summed E-state index contributed by atoms with van der Waals surface area (Å²) in [6.45, 7) is 11.9. The fourth-order valence-corrected chi connectivity index (χ4v) is 6.43. The standard InChI is InChI=1S/C28H35ClN2/c1-4-14-30-15-16-31-26-17-21(19(2)3)10-12-23(26)27(20-8-6-5-7-9-20)28(31)24-13-11-22(29)18-25(24)30/h10-13,17-18,20,24-25H,2,4-9,14-16H2,1,3H3. The van der Waals surface area contributed by atoms with Crippen LogP contribution in [0.1, 0.15) is 81.0 Å². The highest BCUT2D eigenvalue weighted by Gasteiger charge is 2.37. The van der Waals surface area contributed by atoms with Crippen molar-refractivity contribution in [3.05, 3.63) is 64.9 Å². The van der Waals surface area contributed by atoms with E-state index in [1.165, 1.54) is 55.0 Å². The molecule has 2 heterocycles. The third kappa shape index (κ3) is 3.72. The second-order valence-electron chi connectivity index (χ2n) is 9.76. The fourth-order valence-electron chi connectivity index (χ4n) is 6.22. The maximum absolute atomic E-state index is 6.54. The Balaban J connectivity index is 1.74. The quantitative estimate of drug-likeness (QED) is 0.481. The molecule has 2 atom stereocenters. The van der Waals surface area contributed by atoms with Gasteiger partial charge in [0.2, 0.25) is 0 Å². The molecular weight excluding hydrogens is 400 g/mol. The van der Waals surface area contributed by atoms with Crippen LogP contribution in [-0.2, 0) is 6.54 Å². The molecule has 1 saturated carbocycles. The van der Waals surface area contributed by atoms with Crippen LogP contribution in [-0.4, -0.2) is 28.6 Å². The number of fused-ring (bicyclic) bond motifs is 5. The van der Waals surface area contributed by atoms with E-state index < -0.39 is 0 Å². The summed E-state index contributed by atoms with van der Waals surface area (Å²) in [7, 11) is 0. The largest absolute Gasteiger partial charge is 0.342 e. The highest BCUT2D eigenvalue weighted by atomic mass is 35.5. The zero-order valence-corrected chi connectivity index (χ0v) is 19.8. The van der Waals surface area contributed by atoms with Crippen LogP contribution in [0.5, 0.6) is 0 Å². The second kappa shape index (κ2) is 8.64. The highest BCUT2D eigenvalue weighted by molar-refractivity contribution is 6.31. The van der Waals surface area contributed by atoms with Gasteiger partial charge in [0.1, 0.15) is 0 Å². The first-order valence-electron chi connectivity index (χ1n) is 12.2. The first-order valence-corrected chi connectivity index (χ1v) is 12.6. The van der Waals surface area contributed by atoms with Gasteiger partial charge in [-0.3, -0.25) is 4.90 Å². The molecule has 0 radical (unpaired) electrons. The third-order valence-electron chi connectivity index (χ3n) is 7.67. The van der Waals surface area contributed by atoms with Crippen LogP contribution in [0, 0.1) is 0 Å². The van der Waals surface area contributed by atoms with Gasteiger partial charge in [-0.15, -0.1) is 0 Å². The zero-order chi connectivity index (χ0) is 21.5. The van der Waals surface area contributed by atoms with E-state index in [0.29, 0.717) is 17.9 Å². The number of nitrogens with zero attached hydrogens (tertiary/aromatic N) is 2. The Hall–Kier alpha value is -1.77. The molecule has 0 amide bonds. The minimum Gasteiger partial charge on any atom is -0.342 e. The molecular formula is C28H35ClN2. The molecule has 0 bridgehead atoms. The van der Waals surface area contributed by atoms with Gasteiger partial charge in [0.05, 0.1) is 0 Å². The summed E-state index contributed by atoms with van der Waals surface area (Å²) in [5.74, 6) is 1.05. The number of halogens is 1. The van der Waals surface area contributed by atoms with E-state index in [4.69, 9.17) is 11.6 Å². The van der Waals surface area contributed by atoms with Gasteiger partial charge in [0, 0.05) is 46.7 Å². The molecule has 2 aliphatic carbocycles. The van der Waals surface area contributed by atoms with E-state index in [0.717, 1.165) is 30.2 Å². The molecule has 2 nitrogen and oxygen atoms in total. The van der Waals surface area contributed by atoms with Gasteiger partial charge in [-0.05, 0) is 68.0 Å². The highest BCUT2D eigenvalue weighted by Crippen LogP contribution is 2.46. The predicted octanol–water partition coefficient (Wildman–Crippen LogP) is 7.59. The average Bonchev–Trinajstić information content (AvgIpc) is 3.02. The molecule has 3 aliphatic rings. The molecule has 0 spiro atoms. The van der Waals surface area contributed by atoms with Crippen LogP contribution in [0.4, 0.5) is 0 Å². The van der Waals surface area contributed by atoms with Crippen LogP contribution >= 0.6 is 11.6 Å². The smallest absolute Gasteiger partial charge is 0.0492 e. The van der Waals surface area contributed by atoms with Crippen LogP contribution in [0.2, 0.25) is 0 Å². The van der Waals surface area contributed by atoms with E-state index in [2.05, 4.69) is 66.3 Å². The van der Waals surface area contributed by atoms with Crippen LogP contribution in [0.3, 0.4) is 0 Å². The number of hydrogen-bond donors (Lipinski definition) is 0. The molecule has 31 heavy (non-hydrogen) atoms. The second-order valence-corrected chi connectivity index (χ2v) is 10.2. The van der Waals surface area contributed by atoms with Gasteiger partial charge in [0.25, 0.3) is 0 Å². The number of rotatable bonds is 4. The maximum atomic E-state index is 6.54. The Morgan fingerprint density at radius 1 is 1.16 bits per heavy atom. The summed E-state index contributed by atoms with van der Waals surface area (Å²) >= 11 is 6.54. The van der Waals surface area contributed by atoms with Gasteiger partial charge in [0.15, 0.2) is 0 Å². The van der Waals surface area contributed by atoms with E-state index >= 15 is 0 Å². The monoisotopic (exact) mass is 434 g/mol. The molecule has 3 heteroatoms. The zero-order valence-electron chi connectivity index (χ0n) is 19.0. The SMILES string of the molecule is C=C(C)c1ccc2c(C3CCCCC3)c3n(c2c1)CCN(CCC)C1C=C(Cl)C=CC31. The number of allylic oxidation sites excluding steroid dienone is 3. The minimum absolute atomic E-state index is 0.353. The Morgan fingerprint density at radius 3 is 2.71 bits per heavy atom. The lowest BCUT2D eigenvalue weighted by atomic mass is 9.79. The Kier molecular flexibility index (Phi) is 5.88. The van der Waals surface area contributed by atoms with Crippen molar-refractivity contribution >= 4 is 28.1 Å². The number of benzene rings is 1. The Morgan fingerprint density at radius 2 is 1.97 bits per heavy atom. The van der Waals surface area contributed by atoms with Crippen molar-refractivity contribution in [2.75, 3.05) is 13.1 Å². The molecule has 2 aromatic rings. The summed E-state index contributed by atoms with van der Waals surface area (Å²) < 4.78 is 2.66. The molecule has 1 aromatic heterocycles. The van der Waals surface area contributed by atoms with Gasteiger partial charge in [-0.25, -0.2) is 0 Å². The van der Waals surface area contributed by atoms with Gasteiger partial charge < -0.3 is 4.57 Å². The van der Waals surface area contributed by atoms with Crippen molar-refractivity contribution in [1.82, 2.24) is 9.47 Å². The van der Waals surface area contributed by atoms with E-state index in [1.54, 1.807) is 11.3 Å². The predicted molar refractivity (Wildman–Crippen MR) is 134 cm³/mol. The lowest BCUT2D eigenvalue weighted by Gasteiger charge is -2.34. The van der Waals surface area contributed by atoms with Crippen molar-refractivity contribution in [3.63, 3.8) is 0 Å². The lowest BCUT2D eigenvalue weighted by molar-refractivity contribution is 0.221. The first-order chi connectivity index (χ1) is 15.1. The summed E-state index contributed by atoms with van der Waals surface area (Å²) in [4.78, 5) is 2.66. The summed E-state index contributed by atoms with van der Waals surface area (Å²) in [5.41, 5.74) is 7.00. The van der Waals surface area contributed by atoms with Crippen molar-refractivity contribution in [1.29, 1.82) is 0 Å². The molecule has 1 aliphatic heterocycles. The van der Waals surface area contributed by atoms with E-state index in [-0.39, 0.29) is 0 Å². The minimum atomic E-state index is 0.353. The Bertz CT molecular complexity index is 1050. The molecule has 1 aromatic carbocycles. The van der Waals surface area contributed by atoms with E-state index in [9.17, 15) is 0 Å². The Labute approximate surface area is 192 Å². The topological polar surface area (TPSA) is 8.17 Å². The molecule has 0 N–H and O–H groups in total. The van der Waals surface area contributed by atoms with Crippen LogP contribution in [0.15, 0.2) is 48.0 Å². The normalized spacial score (nSPS) is 24.5. The molecule has 164 valence electrons. The van der Waals surface area contributed by atoms with Gasteiger partial charge in [-0.2, -0.15) is 0 Å². The first kappa shape index (κ1) is 21.1. The summed E-state index contributed by atoms with van der Waals surface area (Å²) in [6.07, 6.45) is 14.7. The van der Waals surface area contributed by atoms with Crippen LogP contribution in [0.25, 0.3) is 16.5 Å². The van der Waals surface area contributed by atoms with Crippen molar-refractivity contribution < 1.29 is 0 Å². The average molecular weight is 435 g/mol. The van der Waals surface area contributed by atoms with Crippen LogP contribution < -0.4 is 0 Å². The molecule has 2 unspecified atom stereocenters. The van der Waals surface area contributed by atoms with Gasteiger partial charge in [-0.1, -0.05) is 68.1 Å². The summed E-state index contributed by atoms with van der Waals surface area (Å²) in [6, 6.07) is 7.42. The molecule has 1 fully saturated rings. The number of hydrogen-bond acceptors (Lipinski definition) is 1. The third-order valence-corrected chi connectivity index (χ3v) is 7.92. The maximum Gasteiger partial charge on any atom is 0.0492 e. The lowest BCUT2D eigenvalue weighted by Crippen LogP contribution is -2.39. The van der Waals surface area contributed by atoms with Crippen molar-refractivity contribution in [2.45, 2.75) is 76.8 Å². The molecule has 0 saturated heterocycles. The summed E-state index contributed by atoms with van der Waals surface area (Å²) in [5, 5.41) is 2.36. The van der Waals surface area contributed by atoms with Crippen molar-refractivity contribution in [2.24, 2.45) is 0 Å². The number of aromatic nitrogens is 1.